The van der Waals surface area contributed by atoms with E-state index in [1.54, 1.807) is 7.11 Å². The lowest BCUT2D eigenvalue weighted by Gasteiger charge is -2.23. The van der Waals surface area contributed by atoms with Crippen molar-refractivity contribution in [3.05, 3.63) is 78.0 Å². The van der Waals surface area contributed by atoms with Crippen LogP contribution in [0.2, 0.25) is 0 Å². The molecule has 7 nitrogen and oxygen atoms in total. The molecule has 4 atom stereocenters. The van der Waals surface area contributed by atoms with Crippen LogP contribution in [-0.4, -0.2) is 53.6 Å². The molecule has 0 unspecified atom stereocenters. The van der Waals surface area contributed by atoms with Gasteiger partial charge in [0.1, 0.15) is 11.4 Å². The number of benzene rings is 2. The van der Waals surface area contributed by atoms with E-state index in [4.69, 9.17) is 9.47 Å². The largest absolute Gasteiger partial charge is 0.496 e. The molecule has 6 rings (SSSR count). The van der Waals surface area contributed by atoms with E-state index in [1.165, 1.54) is 10.9 Å². The summed E-state index contributed by atoms with van der Waals surface area (Å²) in [7, 11) is 1.61. The van der Waals surface area contributed by atoms with Crippen molar-refractivity contribution in [3.8, 4) is 5.75 Å². The lowest BCUT2D eigenvalue weighted by molar-refractivity contribution is -0.137. The van der Waals surface area contributed by atoms with Gasteiger partial charge < -0.3 is 24.7 Å². The van der Waals surface area contributed by atoms with Gasteiger partial charge in [-0.3, -0.25) is 9.59 Å². The summed E-state index contributed by atoms with van der Waals surface area (Å²) in [6, 6.07) is 15.8. The molecular weight excluding hydrogens is 430 g/mol. The molecule has 4 heterocycles. The van der Waals surface area contributed by atoms with Crippen LogP contribution >= 0.6 is 0 Å². The molecule has 0 aliphatic carbocycles. The van der Waals surface area contributed by atoms with Crippen LogP contribution in [0.4, 0.5) is 0 Å². The predicted octanol–water partition coefficient (Wildman–Crippen LogP) is 2.82. The van der Waals surface area contributed by atoms with Gasteiger partial charge in [-0.05, 0) is 24.1 Å². The fraction of sp³-hybridized carbons (Fsp3) is 0.333. The van der Waals surface area contributed by atoms with Gasteiger partial charge in [-0.2, -0.15) is 0 Å². The fourth-order valence-electron chi connectivity index (χ4n) is 5.81. The van der Waals surface area contributed by atoms with Crippen LogP contribution in [0.5, 0.6) is 5.75 Å². The SMILES string of the molecule is COc1ccccc1CNC(=O)[C@H]1[C@@H]2C=C[C@@]3(CN(CCc4c[nH]c5ccccc45)C(=O)[C@@H]13)O2. The summed E-state index contributed by atoms with van der Waals surface area (Å²) < 4.78 is 11.6. The number of carbonyl (C=O) groups excluding carboxylic acids is 2. The fourth-order valence-corrected chi connectivity index (χ4v) is 5.81. The van der Waals surface area contributed by atoms with Crippen LogP contribution in [0.25, 0.3) is 10.9 Å². The van der Waals surface area contributed by atoms with E-state index in [9.17, 15) is 9.59 Å². The molecule has 174 valence electrons. The minimum atomic E-state index is -0.700. The molecule has 3 aliphatic rings. The van der Waals surface area contributed by atoms with Gasteiger partial charge in [-0.1, -0.05) is 48.6 Å². The van der Waals surface area contributed by atoms with Crippen LogP contribution in [0, 0.1) is 11.8 Å². The lowest BCUT2D eigenvalue weighted by Crippen LogP contribution is -2.44. The molecule has 3 aliphatic heterocycles. The van der Waals surface area contributed by atoms with Crippen molar-refractivity contribution in [2.75, 3.05) is 20.2 Å². The van der Waals surface area contributed by atoms with Crippen LogP contribution in [0.3, 0.4) is 0 Å². The Morgan fingerprint density at radius 2 is 2.03 bits per heavy atom. The minimum absolute atomic E-state index is 0.00383. The summed E-state index contributed by atoms with van der Waals surface area (Å²) >= 11 is 0. The van der Waals surface area contributed by atoms with Gasteiger partial charge in [0, 0.05) is 35.8 Å². The van der Waals surface area contributed by atoms with E-state index in [0.29, 0.717) is 19.6 Å². The summed E-state index contributed by atoms with van der Waals surface area (Å²) in [5.41, 5.74) is 2.47. The third kappa shape index (κ3) is 3.22. The number of rotatable bonds is 7. The summed E-state index contributed by atoms with van der Waals surface area (Å²) in [6.07, 6.45) is 6.34. The molecule has 2 amide bonds. The molecule has 1 aromatic heterocycles. The highest BCUT2D eigenvalue weighted by Crippen LogP contribution is 2.51. The molecule has 3 aromatic rings. The second-order valence-electron chi connectivity index (χ2n) is 9.30. The van der Waals surface area contributed by atoms with Crippen molar-refractivity contribution in [3.63, 3.8) is 0 Å². The Bertz CT molecular complexity index is 1300. The number of carbonyl (C=O) groups is 2. The maximum atomic E-state index is 13.5. The van der Waals surface area contributed by atoms with Crippen LogP contribution in [0.1, 0.15) is 11.1 Å². The second-order valence-corrected chi connectivity index (χ2v) is 9.30. The summed E-state index contributed by atoms with van der Waals surface area (Å²) in [6.45, 7) is 1.42. The number of methoxy groups -OCH3 is 1. The van der Waals surface area contributed by atoms with Gasteiger partial charge in [0.15, 0.2) is 0 Å². The number of H-pyrrole nitrogens is 1. The number of likely N-dealkylation sites (tertiary alicyclic amines) is 1. The second kappa shape index (κ2) is 8.02. The smallest absolute Gasteiger partial charge is 0.230 e. The number of nitrogens with one attached hydrogen (secondary N) is 2. The number of hydrogen-bond donors (Lipinski definition) is 2. The normalized spacial score (nSPS) is 26.9. The molecule has 1 spiro atoms. The zero-order valence-corrected chi connectivity index (χ0v) is 19.0. The Balaban J connectivity index is 1.16. The molecule has 2 N–H and O–H groups in total. The van der Waals surface area contributed by atoms with Crippen LogP contribution in [0.15, 0.2) is 66.9 Å². The van der Waals surface area contributed by atoms with Gasteiger partial charge in [0.25, 0.3) is 0 Å². The van der Waals surface area contributed by atoms with Crippen LogP contribution in [-0.2, 0) is 27.3 Å². The Kier molecular flexibility index (Phi) is 4.95. The van der Waals surface area contributed by atoms with E-state index < -0.39 is 17.4 Å². The maximum Gasteiger partial charge on any atom is 0.230 e. The average Bonchev–Trinajstić information content (AvgIpc) is 3.61. The number of nitrogens with zero attached hydrogens (tertiary/aromatic N) is 1. The number of aromatic amines is 1. The Morgan fingerprint density at radius 3 is 2.91 bits per heavy atom. The third-order valence-corrected chi connectivity index (χ3v) is 7.45. The van der Waals surface area contributed by atoms with Crippen molar-refractivity contribution in [2.24, 2.45) is 11.8 Å². The Labute approximate surface area is 197 Å². The molecule has 0 radical (unpaired) electrons. The quantitative estimate of drug-likeness (QED) is 0.535. The molecule has 34 heavy (non-hydrogen) atoms. The van der Waals surface area contributed by atoms with Crippen molar-refractivity contribution >= 4 is 22.7 Å². The predicted molar refractivity (Wildman–Crippen MR) is 127 cm³/mol. The zero-order chi connectivity index (χ0) is 23.3. The van der Waals surface area contributed by atoms with Crippen molar-refractivity contribution in [2.45, 2.75) is 24.7 Å². The number of ether oxygens (including phenoxy) is 2. The number of hydrogen-bond acceptors (Lipinski definition) is 4. The number of amides is 2. The van der Waals surface area contributed by atoms with Crippen molar-refractivity contribution in [1.29, 1.82) is 0 Å². The molecule has 0 saturated carbocycles. The number of para-hydroxylation sites is 2. The first-order valence-electron chi connectivity index (χ1n) is 11.7. The van der Waals surface area contributed by atoms with Gasteiger partial charge in [0.05, 0.1) is 31.6 Å². The molecule has 2 bridgehead atoms. The van der Waals surface area contributed by atoms with Gasteiger partial charge in [0.2, 0.25) is 11.8 Å². The van der Waals surface area contributed by atoms with E-state index in [1.807, 2.05) is 59.6 Å². The highest BCUT2D eigenvalue weighted by atomic mass is 16.5. The Hall–Kier alpha value is -3.58. The molecule has 2 aromatic carbocycles. The standard InChI is InChI=1S/C27H27N3O4/c1-33-21-9-5-2-6-18(21)15-29-25(31)23-22-10-12-27(34-22)16-30(26(32)24(23)27)13-11-17-14-28-20-8-4-3-7-19(17)20/h2-10,12,14,22-24,28H,11,13,15-16H2,1H3,(H,29,31)/t22-,23-,24+,27-/m0/s1. The van der Waals surface area contributed by atoms with Gasteiger partial charge in [-0.25, -0.2) is 0 Å². The summed E-state index contributed by atoms with van der Waals surface area (Å²) in [5.74, 6) is -0.430. The van der Waals surface area contributed by atoms with E-state index in [0.717, 1.165) is 23.3 Å². The molecule has 2 fully saturated rings. The highest BCUT2D eigenvalue weighted by molar-refractivity contribution is 5.93. The highest BCUT2D eigenvalue weighted by Gasteiger charge is 2.66. The van der Waals surface area contributed by atoms with Gasteiger partial charge >= 0.3 is 0 Å². The monoisotopic (exact) mass is 457 g/mol. The van der Waals surface area contributed by atoms with Crippen LogP contribution < -0.4 is 10.1 Å². The molecular formula is C27H27N3O4. The minimum Gasteiger partial charge on any atom is -0.496 e. The number of aromatic nitrogens is 1. The Morgan fingerprint density at radius 1 is 1.21 bits per heavy atom. The third-order valence-electron chi connectivity index (χ3n) is 7.45. The van der Waals surface area contributed by atoms with E-state index in [2.05, 4.69) is 22.4 Å². The van der Waals surface area contributed by atoms with Gasteiger partial charge in [-0.15, -0.1) is 0 Å². The first-order valence-corrected chi connectivity index (χ1v) is 11.7. The number of fused-ring (bicyclic) bond motifs is 2. The van der Waals surface area contributed by atoms with E-state index >= 15 is 0 Å². The first kappa shape index (κ1) is 21.0. The average molecular weight is 458 g/mol. The summed E-state index contributed by atoms with van der Waals surface area (Å²) in [5, 5.41) is 4.19. The molecule has 2 saturated heterocycles. The zero-order valence-electron chi connectivity index (χ0n) is 19.0. The topological polar surface area (TPSA) is 83.7 Å². The van der Waals surface area contributed by atoms with Crippen molar-refractivity contribution in [1.82, 2.24) is 15.2 Å². The van der Waals surface area contributed by atoms with Crippen molar-refractivity contribution < 1.29 is 19.1 Å². The first-order chi connectivity index (χ1) is 16.6. The molecule has 7 heteroatoms. The lowest BCUT2D eigenvalue weighted by atomic mass is 9.77. The maximum absolute atomic E-state index is 13.5. The summed E-state index contributed by atoms with van der Waals surface area (Å²) in [4.78, 5) is 31.9. The van der Waals surface area contributed by atoms with E-state index in [-0.39, 0.29) is 17.9 Å².